The molecule has 20 heavy (non-hydrogen) atoms. The van der Waals surface area contributed by atoms with Crippen LogP contribution in [-0.4, -0.2) is 22.1 Å². The normalized spacial score (nSPS) is 17.1. The van der Waals surface area contributed by atoms with Crippen molar-refractivity contribution in [1.29, 1.82) is 0 Å². The van der Waals surface area contributed by atoms with E-state index in [1.165, 1.54) is 45.2 Å². The first-order valence-electron chi connectivity index (χ1n) is 6.99. The average Bonchev–Trinajstić information content (AvgIpc) is 2.46. The van der Waals surface area contributed by atoms with Crippen LogP contribution < -0.4 is 15.2 Å². The molecule has 0 saturated heterocycles. The highest BCUT2D eigenvalue weighted by Gasteiger charge is 2.17. The van der Waals surface area contributed by atoms with Crippen LogP contribution >= 0.6 is 0 Å². The van der Waals surface area contributed by atoms with E-state index in [4.69, 9.17) is 10.5 Å². The first kappa shape index (κ1) is 15.1. The largest absolute Gasteiger partial charge is 0.493 e. The molecule has 1 aliphatic rings. The monoisotopic (exact) mass is 298 g/mol. The van der Waals surface area contributed by atoms with Gasteiger partial charge in [0.25, 0.3) is 0 Å². The molecule has 0 amide bonds. The highest BCUT2D eigenvalue weighted by molar-refractivity contribution is 7.89. The Morgan fingerprint density at radius 1 is 1.30 bits per heavy atom. The first-order chi connectivity index (χ1) is 9.53. The Labute approximate surface area is 120 Å². The van der Waals surface area contributed by atoms with Gasteiger partial charge in [0.05, 0.1) is 12.3 Å². The van der Waals surface area contributed by atoms with Crippen molar-refractivity contribution in [3.63, 3.8) is 0 Å². The fourth-order valence-electron chi connectivity index (χ4n) is 2.54. The van der Waals surface area contributed by atoms with E-state index in [2.05, 4.69) is 4.72 Å². The second-order valence-corrected chi connectivity index (χ2v) is 7.08. The van der Waals surface area contributed by atoms with Gasteiger partial charge < -0.3 is 10.5 Å². The minimum atomic E-state index is -3.51. The zero-order valence-electron chi connectivity index (χ0n) is 11.8. The third-order valence-electron chi connectivity index (χ3n) is 3.75. The summed E-state index contributed by atoms with van der Waals surface area (Å²) in [4.78, 5) is 0.0880. The van der Waals surface area contributed by atoms with Crippen molar-refractivity contribution in [2.45, 2.75) is 37.0 Å². The van der Waals surface area contributed by atoms with Crippen LogP contribution in [0.15, 0.2) is 23.1 Å². The maximum absolute atomic E-state index is 11.7. The van der Waals surface area contributed by atoms with Crippen molar-refractivity contribution in [2.24, 2.45) is 5.92 Å². The maximum atomic E-state index is 11.7. The number of nitrogen functional groups attached to an aromatic ring is 1. The summed E-state index contributed by atoms with van der Waals surface area (Å²) < 4.78 is 31.4. The standard InChI is InChI=1S/C14H22N2O3S/c1-16-20(17,18)14-8-7-12(9-13(14)15)19-10-11-5-3-2-4-6-11/h7-9,11,16H,2-6,10,15H2,1H3. The van der Waals surface area contributed by atoms with Crippen LogP contribution in [0.1, 0.15) is 32.1 Å². The SMILES string of the molecule is CNS(=O)(=O)c1ccc(OCC2CCCCC2)cc1N. The lowest BCUT2D eigenvalue weighted by Crippen LogP contribution is -2.20. The Kier molecular flexibility index (Phi) is 4.88. The molecule has 1 aliphatic carbocycles. The zero-order chi connectivity index (χ0) is 14.6. The summed E-state index contributed by atoms with van der Waals surface area (Å²) in [5.74, 6) is 1.23. The van der Waals surface area contributed by atoms with Gasteiger partial charge in [-0.25, -0.2) is 13.1 Å². The van der Waals surface area contributed by atoms with Crippen LogP contribution in [0.3, 0.4) is 0 Å². The van der Waals surface area contributed by atoms with Crippen LogP contribution in [0.2, 0.25) is 0 Å². The van der Waals surface area contributed by atoms with Gasteiger partial charge in [0.1, 0.15) is 10.6 Å². The topological polar surface area (TPSA) is 81.4 Å². The third kappa shape index (κ3) is 3.64. The second kappa shape index (κ2) is 6.45. The average molecular weight is 298 g/mol. The number of hydrogen-bond donors (Lipinski definition) is 2. The molecule has 0 aliphatic heterocycles. The van der Waals surface area contributed by atoms with Gasteiger partial charge in [-0.1, -0.05) is 19.3 Å². The number of nitrogens with one attached hydrogen (secondary N) is 1. The molecule has 1 aromatic rings. The molecular weight excluding hydrogens is 276 g/mol. The number of sulfonamides is 1. The van der Waals surface area contributed by atoms with Crippen LogP contribution in [0.25, 0.3) is 0 Å². The molecule has 0 spiro atoms. The smallest absolute Gasteiger partial charge is 0.242 e. The number of ether oxygens (including phenoxy) is 1. The number of hydrogen-bond acceptors (Lipinski definition) is 4. The number of anilines is 1. The molecule has 0 radical (unpaired) electrons. The lowest BCUT2D eigenvalue weighted by Gasteiger charge is -2.21. The summed E-state index contributed by atoms with van der Waals surface area (Å²) >= 11 is 0. The van der Waals surface area contributed by atoms with Crippen LogP contribution in [-0.2, 0) is 10.0 Å². The minimum Gasteiger partial charge on any atom is -0.493 e. The van der Waals surface area contributed by atoms with Gasteiger partial charge >= 0.3 is 0 Å². The molecule has 1 aromatic carbocycles. The Morgan fingerprint density at radius 2 is 2.00 bits per heavy atom. The Bertz CT molecular complexity index is 552. The predicted octanol–water partition coefficient (Wildman–Crippen LogP) is 2.14. The van der Waals surface area contributed by atoms with Crippen LogP contribution in [0.5, 0.6) is 5.75 Å². The summed E-state index contributed by atoms with van der Waals surface area (Å²) in [5, 5.41) is 0. The lowest BCUT2D eigenvalue weighted by molar-refractivity contribution is 0.209. The Balaban J connectivity index is 2.02. The van der Waals surface area contributed by atoms with E-state index in [-0.39, 0.29) is 10.6 Å². The molecule has 0 bridgehead atoms. The maximum Gasteiger partial charge on any atom is 0.242 e. The number of nitrogens with two attached hydrogens (primary N) is 1. The lowest BCUT2D eigenvalue weighted by atomic mass is 9.90. The van der Waals surface area contributed by atoms with E-state index < -0.39 is 10.0 Å². The van der Waals surface area contributed by atoms with Gasteiger partial charge in [0, 0.05) is 6.07 Å². The molecule has 1 saturated carbocycles. The highest BCUT2D eigenvalue weighted by Crippen LogP contribution is 2.27. The van der Waals surface area contributed by atoms with Gasteiger partial charge in [-0.3, -0.25) is 0 Å². The van der Waals surface area contributed by atoms with Gasteiger partial charge in [-0.05, 0) is 37.9 Å². The molecule has 112 valence electrons. The Morgan fingerprint density at radius 3 is 2.60 bits per heavy atom. The van der Waals surface area contributed by atoms with Crippen molar-refractivity contribution in [2.75, 3.05) is 19.4 Å². The molecule has 0 heterocycles. The highest BCUT2D eigenvalue weighted by atomic mass is 32.2. The molecule has 0 aromatic heterocycles. The quantitative estimate of drug-likeness (QED) is 0.816. The molecule has 3 N–H and O–H groups in total. The van der Waals surface area contributed by atoms with Gasteiger partial charge in [-0.2, -0.15) is 0 Å². The van der Waals surface area contributed by atoms with Gasteiger partial charge in [0.2, 0.25) is 10.0 Å². The van der Waals surface area contributed by atoms with E-state index in [1.54, 1.807) is 12.1 Å². The van der Waals surface area contributed by atoms with Crippen molar-refractivity contribution < 1.29 is 13.2 Å². The fourth-order valence-corrected chi connectivity index (χ4v) is 3.38. The number of rotatable bonds is 5. The van der Waals surface area contributed by atoms with Crippen molar-refractivity contribution in [1.82, 2.24) is 4.72 Å². The first-order valence-corrected chi connectivity index (χ1v) is 8.47. The van der Waals surface area contributed by atoms with Crippen molar-refractivity contribution >= 4 is 15.7 Å². The Hall–Kier alpha value is -1.27. The van der Waals surface area contributed by atoms with Gasteiger partial charge in [0.15, 0.2) is 0 Å². The molecule has 0 unspecified atom stereocenters. The summed E-state index contributed by atoms with van der Waals surface area (Å²) in [6.45, 7) is 0.678. The van der Waals surface area contributed by atoms with E-state index >= 15 is 0 Å². The molecule has 5 nitrogen and oxygen atoms in total. The second-order valence-electron chi connectivity index (χ2n) is 5.22. The van der Waals surface area contributed by atoms with E-state index in [0.29, 0.717) is 18.3 Å². The molecular formula is C14H22N2O3S. The number of benzene rings is 1. The third-order valence-corrected chi connectivity index (χ3v) is 5.24. The summed E-state index contributed by atoms with van der Waals surface area (Å²) in [6, 6.07) is 4.72. The minimum absolute atomic E-state index is 0.0880. The molecule has 1 fully saturated rings. The molecule has 2 rings (SSSR count). The van der Waals surface area contributed by atoms with Crippen LogP contribution in [0.4, 0.5) is 5.69 Å². The van der Waals surface area contributed by atoms with E-state index in [0.717, 1.165) is 0 Å². The fraction of sp³-hybridized carbons (Fsp3) is 0.571. The molecule has 0 atom stereocenters. The summed E-state index contributed by atoms with van der Waals surface area (Å²) in [5.41, 5.74) is 6.00. The molecule has 6 heteroatoms. The van der Waals surface area contributed by atoms with Crippen LogP contribution in [0, 0.1) is 5.92 Å². The van der Waals surface area contributed by atoms with Crippen molar-refractivity contribution in [3.8, 4) is 5.75 Å². The van der Waals surface area contributed by atoms with E-state index in [1.807, 2.05) is 0 Å². The summed E-state index contributed by atoms with van der Waals surface area (Å²) in [7, 11) is -2.15. The van der Waals surface area contributed by atoms with E-state index in [9.17, 15) is 8.42 Å². The van der Waals surface area contributed by atoms with Gasteiger partial charge in [-0.15, -0.1) is 0 Å². The van der Waals surface area contributed by atoms with Crippen molar-refractivity contribution in [3.05, 3.63) is 18.2 Å². The summed E-state index contributed by atoms with van der Waals surface area (Å²) in [6.07, 6.45) is 6.29. The zero-order valence-corrected chi connectivity index (χ0v) is 12.6. The predicted molar refractivity (Wildman–Crippen MR) is 79.2 cm³/mol.